The summed E-state index contributed by atoms with van der Waals surface area (Å²) in [5.41, 5.74) is 9.67. The van der Waals surface area contributed by atoms with Gasteiger partial charge in [-0.3, -0.25) is 15.6 Å². The number of halogens is 2. The molecule has 5 rings (SSSR count). The number of aromatic nitrogens is 3. The molecule has 0 atom stereocenters. The predicted molar refractivity (Wildman–Crippen MR) is 150 cm³/mol. The minimum atomic E-state index is -0.542. The van der Waals surface area contributed by atoms with E-state index >= 15 is 0 Å². The number of nitrogens with one attached hydrogen (secondary N) is 4. The fourth-order valence-corrected chi connectivity index (χ4v) is 4.30. The molecule has 4 aromatic rings. The van der Waals surface area contributed by atoms with Gasteiger partial charge in [0.2, 0.25) is 5.95 Å². The Morgan fingerprint density at radius 1 is 0.949 bits per heavy atom. The summed E-state index contributed by atoms with van der Waals surface area (Å²) >= 11 is 6.17. The lowest BCUT2D eigenvalue weighted by Gasteiger charge is -2.28. The first-order valence-electron chi connectivity index (χ1n) is 12.2. The van der Waals surface area contributed by atoms with E-state index in [9.17, 15) is 9.18 Å². The van der Waals surface area contributed by atoms with Crippen LogP contribution in [0, 0.1) is 12.7 Å². The zero-order valence-corrected chi connectivity index (χ0v) is 21.8. The molecule has 0 radical (unpaired) electrons. The van der Waals surface area contributed by atoms with Gasteiger partial charge in [0.15, 0.2) is 11.6 Å². The van der Waals surface area contributed by atoms with Gasteiger partial charge >= 0.3 is 0 Å². The summed E-state index contributed by atoms with van der Waals surface area (Å²) in [6, 6.07) is 16.9. The second-order valence-electron chi connectivity index (χ2n) is 8.82. The largest absolute Gasteiger partial charge is 0.378 e. The van der Waals surface area contributed by atoms with Crippen molar-refractivity contribution in [1.29, 1.82) is 0 Å². The Balaban J connectivity index is 1.18. The molecular weight excluding hydrogens is 523 g/mol. The van der Waals surface area contributed by atoms with Gasteiger partial charge in [0.1, 0.15) is 5.69 Å². The minimum Gasteiger partial charge on any atom is -0.378 e. The maximum absolute atomic E-state index is 14.2. The van der Waals surface area contributed by atoms with E-state index in [0.29, 0.717) is 37.0 Å². The van der Waals surface area contributed by atoms with Gasteiger partial charge < -0.3 is 20.3 Å². The predicted octanol–water partition coefficient (Wildman–Crippen LogP) is 5.05. The summed E-state index contributed by atoms with van der Waals surface area (Å²) in [5, 5.41) is 7.29. The van der Waals surface area contributed by atoms with Crippen molar-refractivity contribution < 1.29 is 13.9 Å². The molecule has 10 nitrogen and oxygen atoms in total. The van der Waals surface area contributed by atoms with Crippen LogP contribution < -0.4 is 26.4 Å². The minimum absolute atomic E-state index is 0.0611. The van der Waals surface area contributed by atoms with Crippen LogP contribution in [0.5, 0.6) is 0 Å². The molecule has 2 aromatic carbocycles. The number of carbonyl (C=O) groups excluding carboxylic acids is 1. The fraction of sp³-hybridized carbons (Fsp3) is 0.185. The lowest BCUT2D eigenvalue weighted by Crippen LogP contribution is -2.38. The standard InChI is InChI=1S/C27H26ClFN8O2/c1-17-11-18(28)13-22(12-17)33-20-4-2-3-19(14-20)32-21-5-6-24(30-15-21)26(38)35-36-27-31-16-23(29)25(34-27)37-7-9-39-10-8-37/h2-6,11-16,32-33H,7-10H2,1H3,(H,35,38)(H,31,34,36). The molecule has 2 aromatic heterocycles. The lowest BCUT2D eigenvalue weighted by atomic mass is 10.2. The maximum atomic E-state index is 14.2. The third kappa shape index (κ3) is 6.89. The van der Waals surface area contributed by atoms with Gasteiger partial charge in [-0.05, 0) is 61.0 Å². The van der Waals surface area contributed by atoms with E-state index in [-0.39, 0.29) is 17.5 Å². The van der Waals surface area contributed by atoms with Gasteiger partial charge in [-0.15, -0.1) is 0 Å². The van der Waals surface area contributed by atoms with E-state index in [1.165, 1.54) is 0 Å². The number of benzene rings is 2. The summed E-state index contributed by atoms with van der Waals surface area (Å²) < 4.78 is 19.5. The molecule has 0 saturated carbocycles. The Morgan fingerprint density at radius 2 is 1.72 bits per heavy atom. The molecule has 0 unspecified atom stereocenters. The van der Waals surface area contributed by atoms with Crippen LogP contribution in [0.4, 0.5) is 38.9 Å². The molecule has 200 valence electrons. The van der Waals surface area contributed by atoms with Crippen molar-refractivity contribution in [3.63, 3.8) is 0 Å². The Labute approximate surface area is 229 Å². The molecule has 39 heavy (non-hydrogen) atoms. The molecule has 0 aliphatic carbocycles. The first-order valence-corrected chi connectivity index (χ1v) is 12.6. The zero-order valence-electron chi connectivity index (χ0n) is 21.0. The number of amides is 1. The van der Waals surface area contributed by atoms with Crippen LogP contribution in [-0.2, 0) is 4.74 Å². The van der Waals surface area contributed by atoms with Gasteiger partial charge in [0, 0.05) is 35.2 Å². The van der Waals surface area contributed by atoms with Crippen molar-refractivity contribution in [3.8, 4) is 0 Å². The fourth-order valence-electron chi connectivity index (χ4n) is 4.01. The highest BCUT2D eigenvalue weighted by Gasteiger charge is 2.18. The summed E-state index contributed by atoms with van der Waals surface area (Å²) in [4.78, 5) is 26.7. The van der Waals surface area contributed by atoms with Crippen LogP contribution in [0.25, 0.3) is 0 Å². The van der Waals surface area contributed by atoms with Gasteiger partial charge in [0.25, 0.3) is 5.91 Å². The van der Waals surface area contributed by atoms with E-state index in [0.717, 1.165) is 28.8 Å². The number of pyridine rings is 1. The van der Waals surface area contributed by atoms with Crippen molar-refractivity contribution in [3.05, 3.63) is 89.1 Å². The molecule has 1 saturated heterocycles. The van der Waals surface area contributed by atoms with Gasteiger partial charge in [0.05, 0.1) is 31.3 Å². The van der Waals surface area contributed by atoms with Crippen LogP contribution in [0.15, 0.2) is 67.0 Å². The maximum Gasteiger partial charge on any atom is 0.288 e. The zero-order chi connectivity index (χ0) is 27.2. The monoisotopic (exact) mass is 548 g/mol. The lowest BCUT2D eigenvalue weighted by molar-refractivity contribution is 0.0957. The van der Waals surface area contributed by atoms with E-state index in [2.05, 4.69) is 36.4 Å². The second-order valence-corrected chi connectivity index (χ2v) is 9.26. The summed E-state index contributed by atoms with van der Waals surface area (Å²) in [7, 11) is 0. The molecule has 0 bridgehead atoms. The van der Waals surface area contributed by atoms with Crippen molar-refractivity contribution in [1.82, 2.24) is 20.4 Å². The van der Waals surface area contributed by atoms with Crippen LogP contribution in [-0.4, -0.2) is 47.2 Å². The van der Waals surface area contributed by atoms with Crippen molar-refractivity contribution in [2.75, 3.05) is 47.3 Å². The molecule has 0 spiro atoms. The van der Waals surface area contributed by atoms with Crippen molar-refractivity contribution in [2.24, 2.45) is 0 Å². The highest BCUT2D eigenvalue weighted by atomic mass is 35.5. The summed E-state index contributed by atoms with van der Waals surface area (Å²) in [6.45, 7) is 4.01. The number of rotatable bonds is 8. The summed E-state index contributed by atoms with van der Waals surface area (Å²) in [6.07, 6.45) is 2.62. The highest BCUT2D eigenvalue weighted by Crippen LogP contribution is 2.25. The van der Waals surface area contributed by atoms with Crippen LogP contribution in [0.2, 0.25) is 5.02 Å². The van der Waals surface area contributed by atoms with Gasteiger partial charge in [-0.1, -0.05) is 17.7 Å². The smallest absolute Gasteiger partial charge is 0.288 e. The quantitative estimate of drug-likeness (QED) is 0.224. The third-order valence-electron chi connectivity index (χ3n) is 5.80. The second kappa shape index (κ2) is 11.9. The average Bonchev–Trinajstić information content (AvgIpc) is 2.93. The van der Waals surface area contributed by atoms with Crippen LogP contribution in [0.1, 0.15) is 16.1 Å². The molecule has 1 fully saturated rings. The Bertz CT molecular complexity index is 1440. The SMILES string of the molecule is Cc1cc(Cl)cc(Nc2cccc(Nc3ccc(C(=O)NNc4ncc(F)c(N5CCOCC5)n4)nc3)c2)c1. The number of hydrogen-bond acceptors (Lipinski definition) is 9. The molecule has 12 heteroatoms. The normalized spacial score (nSPS) is 13.1. The Morgan fingerprint density at radius 3 is 2.44 bits per heavy atom. The van der Waals surface area contributed by atoms with Crippen molar-refractivity contribution in [2.45, 2.75) is 6.92 Å². The molecule has 4 N–H and O–H groups in total. The number of nitrogens with zero attached hydrogens (tertiary/aromatic N) is 4. The number of ether oxygens (including phenoxy) is 1. The number of morpholine rings is 1. The number of hydrogen-bond donors (Lipinski definition) is 4. The van der Waals surface area contributed by atoms with Crippen LogP contribution in [0.3, 0.4) is 0 Å². The first-order chi connectivity index (χ1) is 18.9. The molecule has 1 aliphatic rings. The first kappa shape index (κ1) is 26.1. The number of carbonyl (C=O) groups is 1. The number of anilines is 6. The Hall–Kier alpha value is -4.48. The van der Waals surface area contributed by atoms with Crippen LogP contribution >= 0.6 is 11.6 Å². The molecule has 3 heterocycles. The van der Waals surface area contributed by atoms with E-state index in [4.69, 9.17) is 16.3 Å². The van der Waals surface area contributed by atoms with Crippen molar-refractivity contribution >= 4 is 52.0 Å². The molecule has 1 aliphatic heterocycles. The summed E-state index contributed by atoms with van der Waals surface area (Å²) in [5.74, 6) is -0.823. The molecule has 1 amide bonds. The van der Waals surface area contributed by atoms with Gasteiger partial charge in [-0.2, -0.15) is 4.98 Å². The third-order valence-corrected chi connectivity index (χ3v) is 6.02. The van der Waals surface area contributed by atoms with E-state index in [1.54, 1.807) is 23.2 Å². The topological polar surface area (TPSA) is 116 Å². The number of aryl methyl sites for hydroxylation is 1. The highest BCUT2D eigenvalue weighted by molar-refractivity contribution is 6.31. The Kier molecular flexibility index (Phi) is 7.99. The van der Waals surface area contributed by atoms with Gasteiger partial charge in [-0.25, -0.2) is 14.4 Å². The van der Waals surface area contributed by atoms with E-state index in [1.807, 2.05) is 49.4 Å². The molecular formula is C27H26ClFN8O2. The van der Waals surface area contributed by atoms with E-state index < -0.39 is 11.7 Å². The number of hydrazine groups is 1. The average molecular weight is 549 g/mol.